The lowest BCUT2D eigenvalue weighted by Crippen LogP contribution is -2.30. The minimum absolute atomic E-state index is 0.0988. The Bertz CT molecular complexity index is 732. The van der Waals surface area contributed by atoms with Gasteiger partial charge in [0.25, 0.3) is 0 Å². The van der Waals surface area contributed by atoms with Crippen LogP contribution in [-0.4, -0.2) is 20.4 Å². The molecule has 5 heteroatoms. The predicted molar refractivity (Wildman–Crippen MR) is 84.1 cm³/mol. The van der Waals surface area contributed by atoms with Gasteiger partial charge in [-0.05, 0) is 47.4 Å². The van der Waals surface area contributed by atoms with Gasteiger partial charge in [0, 0.05) is 6.54 Å². The van der Waals surface area contributed by atoms with E-state index in [0.29, 0.717) is 17.6 Å². The number of methoxy groups -OCH3 is 1. The Morgan fingerprint density at radius 2 is 2.00 bits per heavy atom. The summed E-state index contributed by atoms with van der Waals surface area (Å²) in [6, 6.07) is 10.2. The van der Waals surface area contributed by atoms with Gasteiger partial charge in [-0.15, -0.1) is 0 Å². The summed E-state index contributed by atoms with van der Waals surface area (Å²) in [5.41, 5.74) is 3.63. The molecule has 0 saturated carbocycles. The highest BCUT2D eigenvalue weighted by atomic mass is 35.5. The van der Waals surface area contributed by atoms with E-state index >= 15 is 0 Å². The minimum Gasteiger partial charge on any atom is -0.495 e. The molecule has 0 spiro atoms. The second kappa shape index (κ2) is 5.38. The average Bonchev–Trinajstić information content (AvgIpc) is 2.99. The number of hydrogen-bond acceptors (Lipinski definition) is 4. The van der Waals surface area contributed by atoms with Gasteiger partial charge in [-0.2, -0.15) is 0 Å². The van der Waals surface area contributed by atoms with Crippen molar-refractivity contribution in [2.45, 2.75) is 12.5 Å². The second-order valence-corrected chi connectivity index (χ2v) is 5.84. The van der Waals surface area contributed by atoms with Crippen LogP contribution < -0.4 is 19.5 Å². The van der Waals surface area contributed by atoms with Crippen LogP contribution in [0.4, 0.5) is 0 Å². The molecule has 2 aliphatic heterocycles. The fourth-order valence-electron chi connectivity index (χ4n) is 3.11. The van der Waals surface area contributed by atoms with Gasteiger partial charge in [-0.1, -0.05) is 17.7 Å². The number of benzene rings is 2. The summed E-state index contributed by atoms with van der Waals surface area (Å²) < 4.78 is 16.2. The van der Waals surface area contributed by atoms with Crippen molar-refractivity contribution >= 4 is 11.6 Å². The topological polar surface area (TPSA) is 39.7 Å². The summed E-state index contributed by atoms with van der Waals surface area (Å²) >= 11 is 6.27. The fourth-order valence-corrected chi connectivity index (χ4v) is 3.37. The first kappa shape index (κ1) is 13.7. The van der Waals surface area contributed by atoms with E-state index in [1.807, 2.05) is 18.2 Å². The lowest BCUT2D eigenvalue weighted by molar-refractivity contribution is 0.174. The molecule has 2 aromatic rings. The highest BCUT2D eigenvalue weighted by molar-refractivity contribution is 6.32. The van der Waals surface area contributed by atoms with Crippen LogP contribution in [0.1, 0.15) is 22.7 Å². The number of nitrogens with one attached hydrogen (secondary N) is 1. The highest BCUT2D eigenvalue weighted by Gasteiger charge is 2.26. The largest absolute Gasteiger partial charge is 0.495 e. The first-order valence-electron chi connectivity index (χ1n) is 7.25. The monoisotopic (exact) mass is 317 g/mol. The average molecular weight is 318 g/mol. The van der Waals surface area contributed by atoms with Crippen LogP contribution in [0.5, 0.6) is 17.2 Å². The molecular weight excluding hydrogens is 302 g/mol. The predicted octanol–water partition coefficient (Wildman–Crippen LogP) is 3.31. The maximum absolute atomic E-state index is 6.27. The van der Waals surface area contributed by atoms with Gasteiger partial charge in [0.05, 0.1) is 18.2 Å². The third-order valence-electron chi connectivity index (χ3n) is 4.20. The molecule has 4 rings (SSSR count). The van der Waals surface area contributed by atoms with Gasteiger partial charge in [0.2, 0.25) is 6.79 Å². The Morgan fingerprint density at radius 3 is 2.77 bits per heavy atom. The van der Waals surface area contributed by atoms with E-state index in [0.717, 1.165) is 30.0 Å². The lowest BCUT2D eigenvalue weighted by Gasteiger charge is -2.28. The zero-order chi connectivity index (χ0) is 15.1. The van der Waals surface area contributed by atoms with Crippen molar-refractivity contribution in [3.8, 4) is 17.2 Å². The summed E-state index contributed by atoms with van der Waals surface area (Å²) in [4.78, 5) is 0. The van der Waals surface area contributed by atoms with E-state index in [-0.39, 0.29) is 6.04 Å². The first-order valence-corrected chi connectivity index (χ1v) is 7.63. The van der Waals surface area contributed by atoms with Crippen molar-refractivity contribution in [1.82, 2.24) is 5.32 Å². The van der Waals surface area contributed by atoms with E-state index in [9.17, 15) is 0 Å². The Morgan fingerprint density at radius 1 is 1.18 bits per heavy atom. The van der Waals surface area contributed by atoms with Gasteiger partial charge in [0.1, 0.15) is 5.75 Å². The zero-order valence-electron chi connectivity index (χ0n) is 12.2. The van der Waals surface area contributed by atoms with Gasteiger partial charge >= 0.3 is 0 Å². The number of fused-ring (bicyclic) bond motifs is 2. The Hall–Kier alpha value is -1.91. The molecule has 1 N–H and O–H groups in total. The van der Waals surface area contributed by atoms with Gasteiger partial charge in [0.15, 0.2) is 11.5 Å². The van der Waals surface area contributed by atoms with Crippen molar-refractivity contribution in [1.29, 1.82) is 0 Å². The van der Waals surface area contributed by atoms with Crippen LogP contribution >= 0.6 is 11.6 Å². The van der Waals surface area contributed by atoms with Gasteiger partial charge < -0.3 is 19.5 Å². The lowest BCUT2D eigenvalue weighted by atomic mass is 9.89. The minimum atomic E-state index is 0.0988. The summed E-state index contributed by atoms with van der Waals surface area (Å²) in [6.45, 7) is 1.21. The third-order valence-corrected chi connectivity index (χ3v) is 4.49. The van der Waals surface area contributed by atoms with Crippen LogP contribution in [0.2, 0.25) is 5.02 Å². The maximum atomic E-state index is 6.27. The van der Waals surface area contributed by atoms with E-state index in [4.69, 9.17) is 25.8 Å². The van der Waals surface area contributed by atoms with Gasteiger partial charge in [-0.3, -0.25) is 0 Å². The number of ether oxygens (including phenoxy) is 3. The highest BCUT2D eigenvalue weighted by Crippen LogP contribution is 2.40. The molecule has 0 radical (unpaired) electrons. The van der Waals surface area contributed by atoms with Crippen LogP contribution in [0, 0.1) is 0 Å². The molecule has 1 unspecified atom stereocenters. The molecule has 2 aromatic carbocycles. The fraction of sp³-hybridized carbons (Fsp3) is 0.294. The molecular formula is C17H16ClNO3. The maximum Gasteiger partial charge on any atom is 0.231 e. The molecule has 0 aromatic heterocycles. The second-order valence-electron chi connectivity index (χ2n) is 5.44. The molecule has 0 fully saturated rings. The van der Waals surface area contributed by atoms with Crippen molar-refractivity contribution in [2.24, 2.45) is 0 Å². The van der Waals surface area contributed by atoms with E-state index in [1.165, 1.54) is 11.1 Å². The number of rotatable bonds is 2. The van der Waals surface area contributed by atoms with Crippen LogP contribution in [-0.2, 0) is 6.42 Å². The van der Waals surface area contributed by atoms with Crippen LogP contribution in [0.15, 0.2) is 30.3 Å². The Kier molecular flexibility index (Phi) is 3.36. The molecule has 1 atom stereocenters. The number of hydrogen-bond donors (Lipinski definition) is 1. The number of halogens is 1. The zero-order valence-corrected chi connectivity index (χ0v) is 12.9. The standard InChI is InChI=1S/C17H16ClNO3/c1-20-14-3-2-11(6-13(14)18)17-12-8-16-15(21-9-22-16)7-10(12)4-5-19-17/h2-3,6-8,17,19H,4-5,9H2,1H3. The Balaban J connectivity index is 1.77. The van der Waals surface area contributed by atoms with Crippen molar-refractivity contribution in [3.63, 3.8) is 0 Å². The summed E-state index contributed by atoms with van der Waals surface area (Å²) in [6.07, 6.45) is 0.979. The molecule has 2 aliphatic rings. The van der Waals surface area contributed by atoms with E-state index < -0.39 is 0 Å². The van der Waals surface area contributed by atoms with E-state index in [2.05, 4.69) is 17.4 Å². The molecule has 2 heterocycles. The smallest absolute Gasteiger partial charge is 0.231 e. The van der Waals surface area contributed by atoms with Crippen LogP contribution in [0.3, 0.4) is 0 Å². The summed E-state index contributed by atoms with van der Waals surface area (Å²) in [7, 11) is 1.62. The van der Waals surface area contributed by atoms with Crippen molar-refractivity contribution in [3.05, 3.63) is 52.0 Å². The molecule has 114 valence electrons. The van der Waals surface area contributed by atoms with Crippen LogP contribution in [0.25, 0.3) is 0 Å². The van der Waals surface area contributed by atoms with Crippen molar-refractivity contribution in [2.75, 3.05) is 20.4 Å². The van der Waals surface area contributed by atoms with Gasteiger partial charge in [-0.25, -0.2) is 0 Å². The normalized spacial score (nSPS) is 18.9. The molecule has 0 saturated heterocycles. The molecule has 22 heavy (non-hydrogen) atoms. The summed E-state index contributed by atoms with van der Waals surface area (Å²) in [5.74, 6) is 2.34. The van der Waals surface area contributed by atoms with E-state index in [1.54, 1.807) is 7.11 Å². The third kappa shape index (κ3) is 2.19. The summed E-state index contributed by atoms with van der Waals surface area (Å²) in [5, 5.41) is 4.17. The molecule has 0 amide bonds. The molecule has 0 bridgehead atoms. The quantitative estimate of drug-likeness (QED) is 0.922. The Labute approximate surface area is 133 Å². The molecule has 0 aliphatic carbocycles. The first-order chi connectivity index (χ1) is 10.8. The SMILES string of the molecule is COc1ccc(C2NCCc3cc4c(cc32)OCO4)cc1Cl. The van der Waals surface area contributed by atoms with Crippen molar-refractivity contribution < 1.29 is 14.2 Å². The molecule has 4 nitrogen and oxygen atoms in total.